The summed E-state index contributed by atoms with van der Waals surface area (Å²) in [5.74, 6) is 0.144. The average Bonchev–Trinajstić information content (AvgIpc) is 2.81. The van der Waals surface area contributed by atoms with Crippen molar-refractivity contribution < 1.29 is 4.79 Å². The van der Waals surface area contributed by atoms with Crippen LogP contribution in [0.2, 0.25) is 5.02 Å². The van der Waals surface area contributed by atoms with Gasteiger partial charge < -0.3 is 0 Å². The van der Waals surface area contributed by atoms with Gasteiger partial charge in [0.05, 0.1) is 4.88 Å². The van der Waals surface area contributed by atoms with E-state index in [-0.39, 0.29) is 5.78 Å². The Morgan fingerprint density at radius 1 is 1.28 bits per heavy atom. The summed E-state index contributed by atoms with van der Waals surface area (Å²) in [5, 5.41) is 0.677. The highest BCUT2D eigenvalue weighted by atomic mass is 35.5. The van der Waals surface area contributed by atoms with Gasteiger partial charge in [0.15, 0.2) is 5.78 Å². The van der Waals surface area contributed by atoms with Gasteiger partial charge in [-0.1, -0.05) is 30.7 Å². The molecule has 1 nitrogen and oxygen atoms in total. The van der Waals surface area contributed by atoms with Gasteiger partial charge in [-0.25, -0.2) is 0 Å². The number of aryl methyl sites for hydroxylation is 2. The number of carbonyl (C=O) groups is 1. The normalized spacial score (nSPS) is 10.6. The first-order valence-corrected chi connectivity index (χ1v) is 7.16. The highest BCUT2D eigenvalue weighted by molar-refractivity contribution is 7.14. The van der Waals surface area contributed by atoms with Gasteiger partial charge in [-0.3, -0.25) is 4.79 Å². The molecule has 0 aliphatic rings. The molecule has 2 aromatic rings. The van der Waals surface area contributed by atoms with E-state index >= 15 is 0 Å². The zero-order chi connectivity index (χ0) is 13.1. The van der Waals surface area contributed by atoms with Crippen molar-refractivity contribution in [2.45, 2.75) is 26.7 Å². The molecule has 0 bridgehead atoms. The maximum Gasteiger partial charge on any atom is 0.177 e. The van der Waals surface area contributed by atoms with Crippen LogP contribution in [0, 0.1) is 6.92 Å². The summed E-state index contributed by atoms with van der Waals surface area (Å²) < 4.78 is 0. The predicted molar refractivity (Wildman–Crippen MR) is 77.9 cm³/mol. The topological polar surface area (TPSA) is 17.1 Å². The number of ketones is 1. The number of Topliss-reactive ketones (excluding diaryl/α,β-unsaturated/α-hetero) is 1. The number of rotatable bonds is 4. The van der Waals surface area contributed by atoms with Crippen LogP contribution in [-0.2, 0) is 12.8 Å². The molecule has 0 fully saturated rings. The fourth-order valence-corrected chi connectivity index (χ4v) is 2.96. The molecule has 0 saturated heterocycles. The lowest BCUT2D eigenvalue weighted by Gasteiger charge is -2.03. The number of benzene rings is 1. The van der Waals surface area contributed by atoms with Crippen molar-refractivity contribution in [3.8, 4) is 0 Å². The van der Waals surface area contributed by atoms with Crippen molar-refractivity contribution >= 4 is 28.7 Å². The van der Waals surface area contributed by atoms with Crippen molar-refractivity contribution in [3.63, 3.8) is 0 Å². The van der Waals surface area contributed by atoms with Crippen LogP contribution in [0.5, 0.6) is 0 Å². The Hall–Kier alpha value is -1.12. The van der Waals surface area contributed by atoms with Crippen LogP contribution >= 0.6 is 22.9 Å². The van der Waals surface area contributed by atoms with Gasteiger partial charge in [0.25, 0.3) is 0 Å². The van der Waals surface area contributed by atoms with Gasteiger partial charge in [0, 0.05) is 16.3 Å². The van der Waals surface area contributed by atoms with E-state index in [9.17, 15) is 4.79 Å². The fraction of sp³-hybridized carbons (Fsp3) is 0.267. The van der Waals surface area contributed by atoms with Crippen LogP contribution in [0.4, 0.5) is 0 Å². The maximum absolute atomic E-state index is 12.1. The molecule has 1 aromatic heterocycles. The minimum atomic E-state index is 0.144. The smallest absolute Gasteiger partial charge is 0.177 e. The molecule has 0 atom stereocenters. The van der Waals surface area contributed by atoms with Crippen LogP contribution in [0.25, 0.3) is 0 Å². The molecule has 1 aromatic carbocycles. The van der Waals surface area contributed by atoms with E-state index in [0.717, 1.165) is 22.4 Å². The standard InChI is InChI=1S/C15H15ClOS/c1-3-12-6-7-15(18-12)14(17)9-11-5-4-10(2)8-13(11)16/h4-8H,3,9H2,1-2H3. The Labute approximate surface area is 116 Å². The molecule has 1 heterocycles. The molecule has 0 N–H and O–H groups in total. The van der Waals surface area contributed by atoms with Crippen LogP contribution in [-0.4, -0.2) is 5.78 Å². The minimum Gasteiger partial charge on any atom is -0.293 e. The van der Waals surface area contributed by atoms with E-state index < -0.39 is 0 Å². The second kappa shape index (κ2) is 5.68. The number of carbonyl (C=O) groups excluding carboxylic acids is 1. The minimum absolute atomic E-state index is 0.144. The molecule has 18 heavy (non-hydrogen) atoms. The molecular weight excluding hydrogens is 264 g/mol. The van der Waals surface area contributed by atoms with E-state index in [0.29, 0.717) is 11.4 Å². The van der Waals surface area contributed by atoms with Crippen LogP contribution < -0.4 is 0 Å². The second-order valence-corrected chi connectivity index (χ2v) is 5.89. The summed E-state index contributed by atoms with van der Waals surface area (Å²) in [5.41, 5.74) is 2.01. The first-order valence-electron chi connectivity index (χ1n) is 5.97. The third-order valence-electron chi connectivity index (χ3n) is 2.84. The largest absolute Gasteiger partial charge is 0.293 e. The van der Waals surface area contributed by atoms with Crippen molar-refractivity contribution in [2.75, 3.05) is 0 Å². The summed E-state index contributed by atoms with van der Waals surface area (Å²) >= 11 is 7.72. The molecule has 3 heteroatoms. The monoisotopic (exact) mass is 278 g/mol. The third kappa shape index (κ3) is 3.01. The van der Waals surface area contributed by atoms with E-state index in [1.807, 2.05) is 37.3 Å². The molecule has 0 radical (unpaired) electrons. The lowest BCUT2D eigenvalue weighted by molar-refractivity contribution is 0.0997. The molecule has 0 aliphatic carbocycles. The molecule has 0 unspecified atom stereocenters. The van der Waals surface area contributed by atoms with E-state index in [1.165, 1.54) is 4.88 Å². The third-order valence-corrected chi connectivity index (χ3v) is 4.47. The number of hydrogen-bond donors (Lipinski definition) is 0. The van der Waals surface area contributed by atoms with Crippen LogP contribution in [0.1, 0.15) is 32.6 Å². The lowest BCUT2D eigenvalue weighted by atomic mass is 10.1. The summed E-state index contributed by atoms with van der Waals surface area (Å²) in [4.78, 5) is 14.2. The van der Waals surface area contributed by atoms with Crippen molar-refractivity contribution in [2.24, 2.45) is 0 Å². The zero-order valence-electron chi connectivity index (χ0n) is 10.5. The van der Waals surface area contributed by atoms with Gasteiger partial charge in [-0.15, -0.1) is 11.3 Å². The van der Waals surface area contributed by atoms with E-state index in [4.69, 9.17) is 11.6 Å². The summed E-state index contributed by atoms with van der Waals surface area (Å²) in [6.45, 7) is 4.08. The van der Waals surface area contributed by atoms with Crippen molar-refractivity contribution in [1.29, 1.82) is 0 Å². The van der Waals surface area contributed by atoms with Gasteiger partial charge in [0.2, 0.25) is 0 Å². The zero-order valence-corrected chi connectivity index (χ0v) is 12.1. The molecule has 0 amide bonds. The molecule has 0 saturated carbocycles. The van der Waals surface area contributed by atoms with Gasteiger partial charge in [-0.05, 0) is 42.7 Å². The van der Waals surface area contributed by atoms with Crippen LogP contribution in [0.15, 0.2) is 30.3 Å². The lowest BCUT2D eigenvalue weighted by Crippen LogP contribution is -2.01. The predicted octanol–water partition coefficient (Wildman–Crippen LogP) is 4.70. The van der Waals surface area contributed by atoms with Crippen LogP contribution in [0.3, 0.4) is 0 Å². The first kappa shape index (κ1) is 13.3. The van der Waals surface area contributed by atoms with Gasteiger partial charge >= 0.3 is 0 Å². The molecule has 0 aliphatic heterocycles. The Bertz CT molecular complexity index is 572. The first-order chi connectivity index (χ1) is 8.60. The van der Waals surface area contributed by atoms with Gasteiger partial charge in [0.1, 0.15) is 0 Å². The molecule has 2 rings (SSSR count). The fourth-order valence-electron chi connectivity index (χ4n) is 1.77. The Morgan fingerprint density at radius 3 is 2.67 bits per heavy atom. The van der Waals surface area contributed by atoms with Crippen molar-refractivity contribution in [1.82, 2.24) is 0 Å². The van der Waals surface area contributed by atoms with Crippen molar-refractivity contribution in [3.05, 3.63) is 56.2 Å². The highest BCUT2D eigenvalue weighted by Gasteiger charge is 2.11. The van der Waals surface area contributed by atoms with E-state index in [2.05, 4.69) is 6.92 Å². The number of halogens is 1. The molecule has 94 valence electrons. The second-order valence-electron chi connectivity index (χ2n) is 4.31. The SMILES string of the molecule is CCc1ccc(C(=O)Cc2ccc(C)cc2Cl)s1. The summed E-state index contributed by atoms with van der Waals surface area (Å²) in [7, 11) is 0. The Balaban J connectivity index is 2.16. The Morgan fingerprint density at radius 2 is 2.06 bits per heavy atom. The number of thiophene rings is 1. The maximum atomic E-state index is 12.1. The van der Waals surface area contributed by atoms with Gasteiger partial charge in [-0.2, -0.15) is 0 Å². The Kier molecular flexibility index (Phi) is 4.20. The average molecular weight is 279 g/mol. The quantitative estimate of drug-likeness (QED) is 0.741. The van der Waals surface area contributed by atoms with E-state index in [1.54, 1.807) is 11.3 Å². The molecular formula is C15H15ClOS. The molecule has 0 spiro atoms. The summed E-state index contributed by atoms with van der Waals surface area (Å²) in [6, 6.07) is 9.75. The number of hydrogen-bond acceptors (Lipinski definition) is 2. The highest BCUT2D eigenvalue weighted by Crippen LogP contribution is 2.22. The summed E-state index contributed by atoms with van der Waals surface area (Å²) in [6.07, 6.45) is 1.35.